The summed E-state index contributed by atoms with van der Waals surface area (Å²) in [6, 6.07) is 2.41. The van der Waals surface area contributed by atoms with E-state index in [1.807, 2.05) is 12.3 Å². The van der Waals surface area contributed by atoms with Gasteiger partial charge >= 0.3 is 0 Å². The molecule has 4 aromatic heterocycles. The van der Waals surface area contributed by atoms with E-state index in [4.69, 9.17) is 9.47 Å². The van der Waals surface area contributed by atoms with Gasteiger partial charge in [0.05, 0.1) is 43.4 Å². The highest BCUT2D eigenvalue weighted by molar-refractivity contribution is 5.92. The van der Waals surface area contributed by atoms with Crippen LogP contribution < -0.4 is 10.1 Å². The van der Waals surface area contributed by atoms with E-state index in [1.165, 1.54) is 6.33 Å². The summed E-state index contributed by atoms with van der Waals surface area (Å²) in [5, 5.41) is 8.66. The number of hydrogen-bond acceptors (Lipinski definition) is 6. The number of rotatable bonds is 7. The zero-order valence-corrected chi connectivity index (χ0v) is 22.0. The van der Waals surface area contributed by atoms with Crippen LogP contribution in [-0.4, -0.2) is 57.5 Å². The predicted octanol–water partition coefficient (Wildman–Crippen LogP) is 5.20. The van der Waals surface area contributed by atoms with Crippen molar-refractivity contribution >= 4 is 16.6 Å². The average Bonchev–Trinajstić information content (AvgIpc) is 3.52. The van der Waals surface area contributed by atoms with E-state index in [0.29, 0.717) is 34.0 Å². The van der Waals surface area contributed by atoms with Gasteiger partial charge < -0.3 is 19.8 Å². The van der Waals surface area contributed by atoms with Crippen molar-refractivity contribution in [3.8, 4) is 17.0 Å². The quantitative estimate of drug-likeness (QED) is 0.358. The Balaban J connectivity index is 1.31. The average molecular weight is 507 g/mol. The molecule has 2 aliphatic rings. The van der Waals surface area contributed by atoms with Crippen molar-refractivity contribution < 1.29 is 13.9 Å². The normalized spacial score (nSPS) is 21.6. The summed E-state index contributed by atoms with van der Waals surface area (Å²) in [6.45, 7) is 9.11. The first-order chi connectivity index (χ1) is 17.9. The van der Waals surface area contributed by atoms with Crippen molar-refractivity contribution in [2.24, 2.45) is 5.41 Å². The molecule has 8 nitrogen and oxygen atoms in total. The summed E-state index contributed by atoms with van der Waals surface area (Å²) in [4.78, 5) is 12.4. The SMILES string of the molecule is COc1cc(-c2[nH]c3cnc(C4CCC(NCC5(C)COC5)CC4)c(F)c3c2C(C)C)cn2ncnc12. The molecule has 0 aromatic carbocycles. The topological polar surface area (TPSA) is 89.4 Å². The van der Waals surface area contributed by atoms with Gasteiger partial charge in [0.1, 0.15) is 6.33 Å². The summed E-state index contributed by atoms with van der Waals surface area (Å²) in [7, 11) is 1.62. The summed E-state index contributed by atoms with van der Waals surface area (Å²) < 4.78 is 28.9. The van der Waals surface area contributed by atoms with Gasteiger partial charge in [0.2, 0.25) is 0 Å². The fraction of sp³-hybridized carbons (Fsp3) is 0.536. The lowest BCUT2D eigenvalue weighted by Crippen LogP contribution is -2.50. The molecule has 0 unspecified atom stereocenters. The van der Waals surface area contributed by atoms with Crippen molar-refractivity contribution in [1.82, 2.24) is 29.9 Å². The number of aromatic nitrogens is 5. The van der Waals surface area contributed by atoms with Crippen LogP contribution in [-0.2, 0) is 4.74 Å². The minimum Gasteiger partial charge on any atom is -0.493 e. The van der Waals surface area contributed by atoms with Gasteiger partial charge in [-0.15, -0.1) is 0 Å². The largest absolute Gasteiger partial charge is 0.493 e. The predicted molar refractivity (Wildman–Crippen MR) is 141 cm³/mol. The van der Waals surface area contributed by atoms with E-state index in [9.17, 15) is 0 Å². The standard InChI is InChI=1S/C28H35FN6O2/c1-16(2)22-23-20(34-25(22)18-9-21(36-4)27-32-15-33-35(27)11-18)10-30-26(24(23)29)17-5-7-19(8-6-17)31-12-28(3)13-37-14-28/h9-11,15-17,19,31,34H,5-8,12-14H2,1-4H3. The number of nitrogens with zero attached hydrogens (tertiary/aromatic N) is 4. The molecule has 2 fully saturated rings. The van der Waals surface area contributed by atoms with Crippen LogP contribution in [0, 0.1) is 11.2 Å². The monoisotopic (exact) mass is 506 g/mol. The van der Waals surface area contributed by atoms with Gasteiger partial charge in [-0.2, -0.15) is 5.10 Å². The van der Waals surface area contributed by atoms with Crippen LogP contribution in [0.4, 0.5) is 4.39 Å². The van der Waals surface area contributed by atoms with Crippen LogP contribution >= 0.6 is 0 Å². The molecule has 0 radical (unpaired) electrons. The Kier molecular flexibility index (Phi) is 6.15. The molecule has 0 atom stereocenters. The highest BCUT2D eigenvalue weighted by Gasteiger charge is 2.35. The molecule has 0 spiro atoms. The Hall–Kier alpha value is -3.04. The van der Waals surface area contributed by atoms with Gasteiger partial charge in [-0.1, -0.05) is 20.8 Å². The van der Waals surface area contributed by atoms with E-state index in [-0.39, 0.29) is 23.1 Å². The molecule has 2 N–H and O–H groups in total. The molecule has 1 aliphatic carbocycles. The van der Waals surface area contributed by atoms with Crippen LogP contribution in [0.2, 0.25) is 0 Å². The van der Waals surface area contributed by atoms with E-state index < -0.39 is 0 Å². The number of H-pyrrole nitrogens is 1. The zero-order valence-electron chi connectivity index (χ0n) is 22.0. The summed E-state index contributed by atoms with van der Waals surface area (Å²) >= 11 is 0. The Morgan fingerprint density at radius 2 is 2.03 bits per heavy atom. The van der Waals surface area contributed by atoms with Crippen LogP contribution in [0.1, 0.15) is 69.5 Å². The van der Waals surface area contributed by atoms with Crippen LogP contribution in [0.5, 0.6) is 5.75 Å². The zero-order chi connectivity index (χ0) is 25.7. The molecule has 6 rings (SSSR count). The number of hydrogen-bond donors (Lipinski definition) is 2. The Bertz CT molecular complexity index is 1430. The molecule has 5 heterocycles. The third kappa shape index (κ3) is 4.28. The van der Waals surface area contributed by atoms with Crippen molar-refractivity contribution in [2.75, 3.05) is 26.9 Å². The van der Waals surface area contributed by atoms with Crippen LogP contribution in [0.3, 0.4) is 0 Å². The fourth-order valence-corrected chi connectivity index (χ4v) is 5.97. The van der Waals surface area contributed by atoms with E-state index in [0.717, 1.165) is 62.3 Å². The summed E-state index contributed by atoms with van der Waals surface area (Å²) in [5.41, 5.74) is 4.89. The van der Waals surface area contributed by atoms with E-state index in [1.54, 1.807) is 17.8 Å². The molecular formula is C28H35FN6O2. The van der Waals surface area contributed by atoms with Gasteiger partial charge in [0.25, 0.3) is 0 Å². The maximum Gasteiger partial charge on any atom is 0.197 e. The maximum absolute atomic E-state index is 16.2. The van der Waals surface area contributed by atoms with Crippen LogP contribution in [0.25, 0.3) is 27.8 Å². The minimum absolute atomic E-state index is 0.0997. The van der Waals surface area contributed by atoms with E-state index >= 15 is 4.39 Å². The number of halogens is 1. The molecule has 1 saturated carbocycles. The maximum atomic E-state index is 16.2. The van der Waals surface area contributed by atoms with Gasteiger partial charge in [-0.05, 0) is 43.2 Å². The Morgan fingerprint density at radius 1 is 1.24 bits per heavy atom. The summed E-state index contributed by atoms with van der Waals surface area (Å²) in [6.07, 6.45) is 9.15. The first-order valence-corrected chi connectivity index (χ1v) is 13.3. The number of nitrogens with one attached hydrogen (secondary N) is 2. The number of fused-ring (bicyclic) bond motifs is 2. The van der Waals surface area contributed by atoms with Gasteiger partial charge in [0.15, 0.2) is 17.2 Å². The second-order valence-corrected chi connectivity index (χ2v) is 11.4. The Labute approximate surface area is 216 Å². The second kappa shape index (κ2) is 9.36. The van der Waals surface area contributed by atoms with Gasteiger partial charge in [0, 0.05) is 41.1 Å². The van der Waals surface area contributed by atoms with Crippen molar-refractivity contribution in [3.63, 3.8) is 0 Å². The molecule has 0 bridgehead atoms. The fourth-order valence-electron chi connectivity index (χ4n) is 5.97. The number of aromatic amines is 1. The molecule has 4 aromatic rings. The van der Waals surface area contributed by atoms with Gasteiger partial charge in [-0.25, -0.2) is 13.9 Å². The third-order valence-corrected chi connectivity index (χ3v) is 8.10. The highest BCUT2D eigenvalue weighted by atomic mass is 19.1. The molecular weight excluding hydrogens is 471 g/mol. The minimum atomic E-state index is -0.187. The lowest BCUT2D eigenvalue weighted by molar-refractivity contribution is -0.100. The van der Waals surface area contributed by atoms with Crippen molar-refractivity contribution in [1.29, 1.82) is 0 Å². The second-order valence-electron chi connectivity index (χ2n) is 11.4. The van der Waals surface area contributed by atoms with Crippen molar-refractivity contribution in [3.05, 3.63) is 41.9 Å². The van der Waals surface area contributed by atoms with Gasteiger partial charge in [-0.3, -0.25) is 4.98 Å². The van der Waals surface area contributed by atoms with Crippen LogP contribution in [0.15, 0.2) is 24.8 Å². The first kappa shape index (κ1) is 24.3. The number of pyridine rings is 2. The first-order valence-electron chi connectivity index (χ1n) is 13.3. The molecule has 1 aliphatic heterocycles. The van der Waals surface area contributed by atoms with E-state index in [2.05, 4.69) is 46.1 Å². The molecule has 196 valence electrons. The highest BCUT2D eigenvalue weighted by Crippen LogP contribution is 2.41. The smallest absolute Gasteiger partial charge is 0.197 e. The molecule has 0 amide bonds. The molecule has 1 saturated heterocycles. The third-order valence-electron chi connectivity index (χ3n) is 8.10. The summed E-state index contributed by atoms with van der Waals surface area (Å²) in [5.74, 6) is 0.664. The number of methoxy groups -OCH3 is 1. The number of ether oxygens (including phenoxy) is 2. The molecule has 37 heavy (non-hydrogen) atoms. The lowest BCUT2D eigenvalue weighted by Gasteiger charge is -2.40. The van der Waals surface area contributed by atoms with Crippen molar-refractivity contribution in [2.45, 2.75) is 64.3 Å². The lowest BCUT2D eigenvalue weighted by atomic mass is 9.82. The Morgan fingerprint density at radius 3 is 2.70 bits per heavy atom. The molecule has 9 heteroatoms.